The molecule has 1 fully saturated rings. The van der Waals surface area contributed by atoms with E-state index in [2.05, 4.69) is 44.0 Å². The molecule has 0 atom stereocenters. The lowest BCUT2D eigenvalue weighted by Gasteiger charge is -2.36. The Morgan fingerprint density at radius 1 is 1.06 bits per heavy atom. The van der Waals surface area contributed by atoms with Gasteiger partial charge >= 0.3 is 0 Å². The molecule has 0 aliphatic carbocycles. The maximum atomic E-state index is 11.8. The number of likely N-dealkylation sites (tertiary alicyclic amines) is 1. The van der Waals surface area contributed by atoms with E-state index in [1.807, 2.05) is 31.7 Å². The van der Waals surface area contributed by atoms with Crippen molar-refractivity contribution in [3.63, 3.8) is 0 Å². The Morgan fingerprint density at radius 3 is 2.61 bits per heavy atom. The van der Waals surface area contributed by atoms with Gasteiger partial charge in [0.1, 0.15) is 5.82 Å². The maximum Gasteiger partial charge on any atom is 0.248 e. The summed E-state index contributed by atoms with van der Waals surface area (Å²) in [6.45, 7) is 1.94. The molecule has 4 heterocycles. The molecule has 0 bridgehead atoms. The Balaban J connectivity index is 1.59. The second-order valence-electron chi connectivity index (χ2n) is 8.52. The average molecular weight is 443 g/mol. The molecule has 1 aromatic carbocycles. The molecule has 1 saturated heterocycles. The van der Waals surface area contributed by atoms with Gasteiger partial charge in [0.05, 0.1) is 11.7 Å². The molecule has 0 radical (unpaired) electrons. The largest absolute Gasteiger partial charge is 0.366 e. The molecule has 4 aromatic rings. The molecule has 33 heavy (non-hydrogen) atoms. The average Bonchev–Trinajstić information content (AvgIpc) is 3.26. The number of amides is 1. The third-order valence-electron chi connectivity index (χ3n) is 6.15. The molecule has 1 amide bonds. The zero-order chi connectivity index (χ0) is 22.9. The smallest absolute Gasteiger partial charge is 0.248 e. The Morgan fingerprint density at radius 2 is 1.88 bits per heavy atom. The number of anilines is 2. The third-order valence-corrected chi connectivity index (χ3v) is 6.15. The van der Waals surface area contributed by atoms with Gasteiger partial charge in [-0.1, -0.05) is 12.1 Å². The molecular weight excluding hydrogens is 416 g/mol. The van der Waals surface area contributed by atoms with Gasteiger partial charge in [-0.2, -0.15) is 5.10 Å². The highest BCUT2D eigenvalue weighted by Crippen LogP contribution is 2.30. The quantitative estimate of drug-likeness (QED) is 0.506. The minimum absolute atomic E-state index is 0.163. The fourth-order valence-electron chi connectivity index (χ4n) is 4.29. The molecule has 5 rings (SSSR count). The predicted molar refractivity (Wildman–Crippen MR) is 127 cm³/mol. The van der Waals surface area contributed by atoms with Crippen LogP contribution in [-0.4, -0.2) is 61.7 Å². The van der Waals surface area contributed by atoms with Crippen LogP contribution >= 0.6 is 0 Å². The maximum absolute atomic E-state index is 11.8. The first kappa shape index (κ1) is 21.0. The van der Waals surface area contributed by atoms with Gasteiger partial charge in [-0.15, -0.1) is 0 Å². The Bertz CT molecular complexity index is 1310. The van der Waals surface area contributed by atoms with Crippen LogP contribution in [0.4, 0.5) is 11.8 Å². The molecule has 0 spiro atoms. The number of fused-ring (bicyclic) bond motifs is 1. The van der Waals surface area contributed by atoms with E-state index in [1.54, 1.807) is 23.0 Å². The van der Waals surface area contributed by atoms with E-state index in [9.17, 15) is 4.79 Å². The number of aromatic nitrogens is 5. The van der Waals surface area contributed by atoms with Crippen LogP contribution in [0.2, 0.25) is 0 Å². The molecule has 168 valence electrons. The highest BCUT2D eigenvalue weighted by Gasteiger charge is 2.28. The first-order valence-corrected chi connectivity index (χ1v) is 11.0. The van der Waals surface area contributed by atoms with Crippen molar-refractivity contribution in [3.05, 3.63) is 60.7 Å². The first-order chi connectivity index (χ1) is 16.0. The summed E-state index contributed by atoms with van der Waals surface area (Å²) in [6.07, 6.45) is 9.15. The number of pyridine rings is 1. The summed E-state index contributed by atoms with van der Waals surface area (Å²) in [5.74, 6) is 0.709. The van der Waals surface area contributed by atoms with Gasteiger partial charge in [-0.3, -0.25) is 14.4 Å². The van der Waals surface area contributed by atoms with Crippen molar-refractivity contribution in [1.82, 2.24) is 29.6 Å². The topological polar surface area (TPSA) is 106 Å². The van der Waals surface area contributed by atoms with Gasteiger partial charge in [0.25, 0.3) is 0 Å². The second-order valence-corrected chi connectivity index (χ2v) is 8.52. The first-order valence-electron chi connectivity index (χ1n) is 11.0. The van der Waals surface area contributed by atoms with Crippen molar-refractivity contribution in [2.75, 3.05) is 25.0 Å². The Labute approximate surface area is 191 Å². The minimum Gasteiger partial charge on any atom is -0.366 e. The van der Waals surface area contributed by atoms with Gasteiger partial charge in [-0.05, 0) is 56.7 Å². The molecule has 9 heteroatoms. The van der Waals surface area contributed by atoms with Crippen LogP contribution in [0.25, 0.3) is 22.0 Å². The van der Waals surface area contributed by atoms with E-state index >= 15 is 0 Å². The van der Waals surface area contributed by atoms with Crippen molar-refractivity contribution >= 4 is 28.6 Å². The summed E-state index contributed by atoms with van der Waals surface area (Å²) in [7, 11) is 4.02. The van der Waals surface area contributed by atoms with E-state index in [0.29, 0.717) is 17.3 Å². The number of nitrogens with zero attached hydrogens (tertiary/aromatic N) is 7. The van der Waals surface area contributed by atoms with Crippen molar-refractivity contribution < 1.29 is 4.79 Å². The van der Waals surface area contributed by atoms with Gasteiger partial charge in [-0.25, -0.2) is 15.0 Å². The van der Waals surface area contributed by atoms with Crippen molar-refractivity contribution in [3.8, 4) is 11.1 Å². The highest BCUT2D eigenvalue weighted by atomic mass is 16.1. The number of carbonyl (C=O) groups is 1. The standard InChI is InChI=1S/C24H26N8O/c1-30-9-6-20(7-10-30)32(22-12-17(23(25)33)5-8-26-22)24-27-13-18-4-3-16(11-21(18)29-24)19-14-28-31(2)15-19/h3-5,8,11-15,20H,6-7,9-10H2,1-2H3,(H2,25,33). The zero-order valence-corrected chi connectivity index (χ0v) is 18.7. The number of rotatable bonds is 5. The summed E-state index contributed by atoms with van der Waals surface area (Å²) >= 11 is 0. The molecule has 0 saturated carbocycles. The number of benzene rings is 1. The number of primary amides is 1. The van der Waals surface area contributed by atoms with Crippen molar-refractivity contribution in [2.45, 2.75) is 18.9 Å². The number of hydrogen-bond donors (Lipinski definition) is 1. The summed E-state index contributed by atoms with van der Waals surface area (Å²) in [5.41, 5.74) is 8.86. The van der Waals surface area contributed by atoms with E-state index in [1.165, 1.54) is 0 Å². The van der Waals surface area contributed by atoms with Crippen LogP contribution in [0.3, 0.4) is 0 Å². The van der Waals surface area contributed by atoms with Gasteiger partial charge < -0.3 is 10.6 Å². The molecular formula is C24H26N8O. The van der Waals surface area contributed by atoms with Crippen LogP contribution in [0.5, 0.6) is 0 Å². The van der Waals surface area contributed by atoms with E-state index < -0.39 is 5.91 Å². The lowest BCUT2D eigenvalue weighted by Crippen LogP contribution is -2.42. The van der Waals surface area contributed by atoms with E-state index in [-0.39, 0.29) is 6.04 Å². The SMILES string of the molecule is CN1CCC(N(c2cc(C(N)=O)ccn2)c2ncc3ccc(-c4cnn(C)c4)cc3n2)CC1. The highest BCUT2D eigenvalue weighted by molar-refractivity contribution is 5.93. The molecule has 0 unspecified atom stereocenters. The summed E-state index contributed by atoms with van der Waals surface area (Å²) < 4.78 is 1.78. The Kier molecular flexibility index (Phi) is 5.47. The fraction of sp³-hybridized carbons (Fsp3) is 0.292. The Hall–Kier alpha value is -3.85. The number of aryl methyl sites for hydroxylation is 1. The van der Waals surface area contributed by atoms with Crippen LogP contribution in [0, 0.1) is 0 Å². The number of hydrogen-bond acceptors (Lipinski definition) is 7. The summed E-state index contributed by atoms with van der Waals surface area (Å²) in [4.78, 5) is 30.3. The van der Waals surface area contributed by atoms with Gasteiger partial charge in [0, 0.05) is 48.2 Å². The van der Waals surface area contributed by atoms with Gasteiger partial charge in [0.2, 0.25) is 11.9 Å². The summed E-state index contributed by atoms with van der Waals surface area (Å²) in [6, 6.07) is 9.64. The normalized spacial score (nSPS) is 15.1. The van der Waals surface area contributed by atoms with Crippen molar-refractivity contribution in [2.24, 2.45) is 12.8 Å². The van der Waals surface area contributed by atoms with E-state index in [0.717, 1.165) is 48.0 Å². The molecule has 2 N–H and O–H groups in total. The lowest BCUT2D eigenvalue weighted by molar-refractivity contribution is 0.1000. The molecule has 3 aromatic heterocycles. The molecule has 9 nitrogen and oxygen atoms in total. The predicted octanol–water partition coefficient (Wildman–Crippen LogP) is 2.76. The van der Waals surface area contributed by atoms with Crippen LogP contribution < -0.4 is 10.6 Å². The number of carbonyl (C=O) groups excluding carboxylic acids is 1. The lowest BCUT2D eigenvalue weighted by atomic mass is 10.0. The molecule has 1 aliphatic rings. The second kappa shape index (κ2) is 8.59. The van der Waals surface area contributed by atoms with Crippen LogP contribution in [-0.2, 0) is 7.05 Å². The van der Waals surface area contributed by atoms with Gasteiger partial charge in [0.15, 0.2) is 0 Å². The van der Waals surface area contributed by atoms with Crippen molar-refractivity contribution in [1.29, 1.82) is 0 Å². The minimum atomic E-state index is -0.484. The zero-order valence-electron chi connectivity index (χ0n) is 18.7. The third kappa shape index (κ3) is 4.27. The van der Waals surface area contributed by atoms with Crippen LogP contribution in [0.15, 0.2) is 55.1 Å². The number of nitrogens with two attached hydrogens (primary N) is 1. The van der Waals surface area contributed by atoms with Crippen LogP contribution in [0.1, 0.15) is 23.2 Å². The molecule has 1 aliphatic heterocycles. The summed E-state index contributed by atoms with van der Waals surface area (Å²) in [5, 5.41) is 5.23. The van der Waals surface area contributed by atoms with E-state index in [4.69, 9.17) is 10.7 Å². The number of piperidine rings is 1. The monoisotopic (exact) mass is 442 g/mol. The fourth-order valence-corrected chi connectivity index (χ4v) is 4.29.